The summed E-state index contributed by atoms with van der Waals surface area (Å²) in [4.78, 5) is 32.7. The number of nitrogens with zero attached hydrogens (tertiary/aromatic N) is 2. The predicted octanol–water partition coefficient (Wildman–Crippen LogP) is 4.43. The number of aromatic nitrogens is 1. The summed E-state index contributed by atoms with van der Waals surface area (Å²) in [5, 5.41) is 3.19. The number of ether oxygens (including phenoxy) is 1. The molecular formula is C21H29N3O3S. The van der Waals surface area contributed by atoms with Gasteiger partial charge in [-0.05, 0) is 63.3 Å². The van der Waals surface area contributed by atoms with E-state index < -0.39 is 0 Å². The number of thiophene rings is 1. The molecular weight excluding hydrogens is 374 g/mol. The lowest BCUT2D eigenvalue weighted by Crippen LogP contribution is -2.47. The number of hydrogen-bond donors (Lipinski definition) is 1. The summed E-state index contributed by atoms with van der Waals surface area (Å²) in [6.07, 6.45) is 3.92. The molecule has 0 bridgehead atoms. The average Bonchev–Trinajstić information content (AvgIpc) is 3.14. The van der Waals surface area contributed by atoms with E-state index in [1.165, 1.54) is 11.3 Å². The van der Waals surface area contributed by atoms with Crippen LogP contribution in [0.1, 0.15) is 47.9 Å². The van der Waals surface area contributed by atoms with E-state index in [9.17, 15) is 9.59 Å². The third kappa shape index (κ3) is 4.90. The molecule has 152 valence electrons. The van der Waals surface area contributed by atoms with Crippen molar-refractivity contribution >= 4 is 23.3 Å². The van der Waals surface area contributed by atoms with Gasteiger partial charge in [0.2, 0.25) is 0 Å². The molecule has 1 aliphatic heterocycles. The molecule has 3 rings (SSSR count). The maximum absolute atomic E-state index is 12.5. The van der Waals surface area contributed by atoms with Crippen LogP contribution in [0.2, 0.25) is 0 Å². The molecule has 0 unspecified atom stereocenters. The number of carbonyl (C=O) groups is 2. The molecule has 28 heavy (non-hydrogen) atoms. The average molecular weight is 404 g/mol. The zero-order valence-electron chi connectivity index (χ0n) is 16.6. The van der Waals surface area contributed by atoms with E-state index in [1.807, 2.05) is 26.0 Å². The Hall–Kier alpha value is -2.41. The van der Waals surface area contributed by atoms with Crippen molar-refractivity contribution in [1.29, 1.82) is 0 Å². The van der Waals surface area contributed by atoms with Crippen molar-refractivity contribution in [1.82, 2.24) is 15.2 Å². The van der Waals surface area contributed by atoms with E-state index in [0.29, 0.717) is 30.5 Å². The van der Waals surface area contributed by atoms with E-state index in [1.54, 1.807) is 23.2 Å². The fourth-order valence-corrected chi connectivity index (χ4v) is 4.34. The molecule has 1 fully saturated rings. The summed E-state index contributed by atoms with van der Waals surface area (Å²) in [5.41, 5.74) is 0.698. The summed E-state index contributed by atoms with van der Waals surface area (Å²) in [6.45, 7) is 7.18. The Morgan fingerprint density at radius 2 is 2.07 bits per heavy atom. The molecule has 0 spiro atoms. The topological polar surface area (TPSA) is 71.5 Å². The quantitative estimate of drug-likeness (QED) is 0.802. The third-order valence-corrected chi connectivity index (χ3v) is 6.24. The minimum atomic E-state index is -0.333. The number of hydrogen-bond acceptors (Lipinski definition) is 5. The molecule has 0 aliphatic carbocycles. The Labute approximate surface area is 171 Å². The van der Waals surface area contributed by atoms with Crippen LogP contribution in [0.4, 0.5) is 4.79 Å². The fourth-order valence-electron chi connectivity index (χ4n) is 3.57. The van der Waals surface area contributed by atoms with Gasteiger partial charge in [-0.25, -0.2) is 4.79 Å². The van der Waals surface area contributed by atoms with Crippen LogP contribution in [0.3, 0.4) is 0 Å². The predicted molar refractivity (Wildman–Crippen MR) is 112 cm³/mol. The molecule has 1 saturated heterocycles. The van der Waals surface area contributed by atoms with Crippen LogP contribution in [0.25, 0.3) is 0 Å². The Kier molecular flexibility index (Phi) is 6.67. The number of rotatable bonds is 5. The van der Waals surface area contributed by atoms with Gasteiger partial charge in [-0.15, -0.1) is 11.3 Å². The number of piperidine rings is 1. The summed E-state index contributed by atoms with van der Waals surface area (Å²) in [5.74, 6) is 0.859. The van der Waals surface area contributed by atoms with Gasteiger partial charge in [0.15, 0.2) is 5.75 Å². The fraction of sp³-hybridized carbons (Fsp3) is 0.476. The maximum Gasteiger partial charge on any atom is 0.415 e. The van der Waals surface area contributed by atoms with Crippen molar-refractivity contribution in [2.75, 3.05) is 13.1 Å². The van der Waals surface area contributed by atoms with Crippen molar-refractivity contribution < 1.29 is 15.8 Å². The highest BCUT2D eigenvalue weighted by atomic mass is 32.1. The Morgan fingerprint density at radius 3 is 2.68 bits per heavy atom. The van der Waals surface area contributed by atoms with Gasteiger partial charge in [0.1, 0.15) is 0 Å². The van der Waals surface area contributed by atoms with Crippen LogP contribution >= 0.6 is 11.3 Å². The van der Waals surface area contributed by atoms with Crippen molar-refractivity contribution in [2.24, 2.45) is 5.92 Å². The smallest absolute Gasteiger partial charge is 0.408 e. The summed E-state index contributed by atoms with van der Waals surface area (Å²) in [7, 11) is 0. The van der Waals surface area contributed by atoms with Gasteiger partial charge in [0.25, 0.3) is 5.91 Å². The van der Waals surface area contributed by atoms with Crippen molar-refractivity contribution in [2.45, 2.75) is 46.1 Å². The van der Waals surface area contributed by atoms with Gasteiger partial charge in [-0.3, -0.25) is 9.78 Å². The molecule has 6 nitrogen and oxygen atoms in total. The first-order valence-electron chi connectivity index (χ1n) is 9.73. The van der Waals surface area contributed by atoms with E-state index in [2.05, 4.69) is 17.2 Å². The second-order valence-corrected chi connectivity index (χ2v) is 8.47. The second-order valence-electron chi connectivity index (χ2n) is 7.18. The summed E-state index contributed by atoms with van der Waals surface area (Å²) < 4.78 is 5.49. The summed E-state index contributed by atoms with van der Waals surface area (Å²) >= 11 is 1.51. The number of nitrogens with one attached hydrogen (secondary N) is 1. The Morgan fingerprint density at radius 1 is 1.32 bits per heavy atom. The van der Waals surface area contributed by atoms with Gasteiger partial charge in [0.05, 0.1) is 10.6 Å². The van der Waals surface area contributed by atoms with Gasteiger partial charge in [0, 0.05) is 31.6 Å². The van der Waals surface area contributed by atoms with Crippen LogP contribution in [0.15, 0.2) is 30.5 Å². The van der Waals surface area contributed by atoms with Crippen LogP contribution in [-0.2, 0) is 0 Å². The van der Waals surface area contributed by atoms with Crippen LogP contribution in [-0.4, -0.2) is 41.0 Å². The third-order valence-electron chi connectivity index (χ3n) is 5.24. The molecule has 2 aromatic rings. The number of aryl methyl sites for hydroxylation is 2. The van der Waals surface area contributed by atoms with Crippen molar-refractivity contribution in [3.63, 3.8) is 0 Å². The molecule has 2 aromatic heterocycles. The molecule has 1 N–H and O–H groups in total. The Balaban J connectivity index is 0.00000300. The van der Waals surface area contributed by atoms with Gasteiger partial charge < -0.3 is 15.0 Å². The zero-order valence-corrected chi connectivity index (χ0v) is 17.4. The number of pyridine rings is 1. The van der Waals surface area contributed by atoms with Gasteiger partial charge in [-0.2, -0.15) is 0 Å². The monoisotopic (exact) mass is 403 g/mol. The van der Waals surface area contributed by atoms with E-state index >= 15 is 0 Å². The lowest BCUT2D eigenvalue weighted by Gasteiger charge is -2.35. The number of likely N-dealkylation sites (tertiary alicyclic amines) is 1. The highest BCUT2D eigenvalue weighted by Gasteiger charge is 2.30. The normalized spacial score (nSPS) is 15.9. The lowest BCUT2D eigenvalue weighted by atomic mass is 9.88. The van der Waals surface area contributed by atoms with Gasteiger partial charge >= 0.3 is 6.09 Å². The highest BCUT2D eigenvalue weighted by Crippen LogP contribution is 2.25. The molecule has 3 heterocycles. The standard InChI is InChI=1S/C21H27N3O3S.H2/c1-4-17(23-20(25)19-8-7-14(2)28-19)16-9-12-24(13-10-16)21(26)27-18-6-5-11-22-15(18)3;/h5-8,11,16-17H,4,9-10,12-13H2,1-3H3,(H,23,25);1H/t17-;/m1./s1. The van der Waals surface area contributed by atoms with E-state index in [0.717, 1.165) is 29.0 Å². The van der Waals surface area contributed by atoms with E-state index in [4.69, 9.17) is 4.74 Å². The van der Waals surface area contributed by atoms with Crippen molar-refractivity contribution in [3.05, 3.63) is 45.9 Å². The SMILES string of the molecule is CC[C@@H](NC(=O)c1ccc(C)s1)C1CCN(C(=O)Oc2cccnc2C)CC1.[HH]. The lowest BCUT2D eigenvalue weighted by molar-refractivity contribution is 0.0886. The molecule has 0 aromatic carbocycles. The van der Waals surface area contributed by atoms with Gasteiger partial charge in [-0.1, -0.05) is 6.92 Å². The summed E-state index contributed by atoms with van der Waals surface area (Å²) in [6, 6.07) is 7.47. The highest BCUT2D eigenvalue weighted by molar-refractivity contribution is 7.13. The maximum atomic E-state index is 12.5. The largest absolute Gasteiger partial charge is 0.415 e. The van der Waals surface area contributed by atoms with Crippen LogP contribution < -0.4 is 10.1 Å². The minimum Gasteiger partial charge on any atom is -0.408 e. The minimum absolute atomic E-state index is 0. The molecule has 0 radical (unpaired) electrons. The molecule has 1 aliphatic rings. The van der Waals surface area contributed by atoms with Crippen LogP contribution in [0.5, 0.6) is 5.75 Å². The zero-order chi connectivity index (χ0) is 20.1. The molecule has 7 heteroatoms. The van der Waals surface area contributed by atoms with E-state index in [-0.39, 0.29) is 19.5 Å². The number of amides is 2. The van der Waals surface area contributed by atoms with Crippen molar-refractivity contribution in [3.8, 4) is 5.75 Å². The molecule has 1 atom stereocenters. The Bertz CT molecular complexity index is 834. The molecule has 0 saturated carbocycles. The number of carbonyl (C=O) groups excluding carboxylic acids is 2. The van der Waals surface area contributed by atoms with Crippen LogP contribution in [0, 0.1) is 19.8 Å². The molecule has 2 amide bonds. The first-order valence-corrected chi connectivity index (χ1v) is 10.5. The first-order chi connectivity index (χ1) is 13.5. The second kappa shape index (κ2) is 9.19. The first kappa shape index (κ1) is 20.3.